The Kier molecular flexibility index (Phi) is 6.37. The fourth-order valence-electron chi connectivity index (χ4n) is 1.99. The maximum atomic E-state index is 6.11. The average Bonchev–Trinajstić information content (AvgIpc) is 2.51. The smallest absolute Gasteiger partial charge is 0.0493 e. The second kappa shape index (κ2) is 8.28. The molecular weight excluding hydrogens is 327 g/mol. The van der Waals surface area contributed by atoms with Gasteiger partial charge in [0.15, 0.2) is 0 Å². The zero-order chi connectivity index (χ0) is 16.7. The number of hydrogen-bond acceptors (Lipinski definition) is 2. The summed E-state index contributed by atoms with van der Waals surface area (Å²) in [6.45, 7) is 5.64. The van der Waals surface area contributed by atoms with Crippen molar-refractivity contribution in [3.8, 4) is 0 Å². The van der Waals surface area contributed by atoms with Gasteiger partial charge in [-0.15, -0.1) is 0 Å². The van der Waals surface area contributed by atoms with Crippen LogP contribution in [0.3, 0.4) is 0 Å². The number of benzene rings is 2. The molecular formula is C19H20Cl2N2. The molecule has 0 saturated heterocycles. The normalized spacial score (nSPS) is 12.3. The quantitative estimate of drug-likeness (QED) is 0.612. The van der Waals surface area contributed by atoms with Crippen molar-refractivity contribution in [1.29, 1.82) is 0 Å². The lowest BCUT2D eigenvalue weighted by Gasteiger charge is -2.19. The molecule has 0 radical (unpaired) electrons. The molecule has 0 aliphatic heterocycles. The van der Waals surface area contributed by atoms with Gasteiger partial charge < -0.3 is 0 Å². The van der Waals surface area contributed by atoms with Crippen molar-refractivity contribution in [3.05, 3.63) is 69.7 Å². The lowest BCUT2D eigenvalue weighted by Crippen LogP contribution is -2.19. The number of rotatable bonds is 6. The summed E-state index contributed by atoms with van der Waals surface area (Å²) in [6.07, 6.45) is 3.64. The maximum absolute atomic E-state index is 6.11. The first-order valence-corrected chi connectivity index (χ1v) is 8.22. The first-order chi connectivity index (χ1) is 11.0. The molecule has 0 heterocycles. The van der Waals surface area contributed by atoms with Gasteiger partial charge >= 0.3 is 0 Å². The molecule has 2 aromatic carbocycles. The van der Waals surface area contributed by atoms with E-state index < -0.39 is 0 Å². The topological polar surface area (TPSA) is 24.7 Å². The van der Waals surface area contributed by atoms with Crippen LogP contribution in [0.4, 0.5) is 0 Å². The summed E-state index contributed by atoms with van der Waals surface area (Å²) < 4.78 is 0. The highest BCUT2D eigenvalue weighted by atomic mass is 35.5. The average molecular weight is 347 g/mol. The van der Waals surface area contributed by atoms with Crippen LogP contribution in [-0.2, 0) is 0 Å². The Balaban J connectivity index is 1.92. The van der Waals surface area contributed by atoms with Crippen molar-refractivity contribution in [2.45, 2.75) is 13.8 Å². The van der Waals surface area contributed by atoms with Crippen LogP contribution in [0.15, 0.2) is 58.5 Å². The van der Waals surface area contributed by atoms with Crippen LogP contribution in [0.1, 0.15) is 25.0 Å². The van der Waals surface area contributed by atoms with Gasteiger partial charge in [0.2, 0.25) is 0 Å². The summed E-state index contributed by atoms with van der Waals surface area (Å²) in [5.74, 6) is 0. The largest absolute Gasteiger partial charge is 0.292 e. The van der Waals surface area contributed by atoms with Gasteiger partial charge in [0.1, 0.15) is 0 Å². The van der Waals surface area contributed by atoms with Gasteiger partial charge in [-0.1, -0.05) is 73.4 Å². The lowest BCUT2D eigenvalue weighted by molar-refractivity contribution is 0.396. The first kappa shape index (κ1) is 17.7. The van der Waals surface area contributed by atoms with Crippen LogP contribution in [0.5, 0.6) is 0 Å². The van der Waals surface area contributed by atoms with Gasteiger partial charge in [-0.3, -0.25) is 9.98 Å². The van der Waals surface area contributed by atoms with Crippen molar-refractivity contribution in [3.63, 3.8) is 0 Å². The van der Waals surface area contributed by atoms with E-state index in [1.165, 1.54) is 0 Å². The Morgan fingerprint density at radius 1 is 0.783 bits per heavy atom. The molecule has 2 nitrogen and oxygen atoms in total. The molecule has 0 amide bonds. The number of nitrogens with zero attached hydrogens (tertiary/aromatic N) is 2. The predicted octanol–water partition coefficient (Wildman–Crippen LogP) is 5.56. The summed E-state index contributed by atoms with van der Waals surface area (Å²) >= 11 is 12.2. The van der Waals surface area contributed by atoms with E-state index in [1.54, 1.807) is 0 Å². The first-order valence-electron chi connectivity index (χ1n) is 7.47. The number of halogens is 2. The Morgan fingerprint density at radius 3 is 1.57 bits per heavy atom. The third-order valence-corrected chi connectivity index (χ3v) is 4.00. The van der Waals surface area contributed by atoms with Gasteiger partial charge in [-0.2, -0.15) is 0 Å². The molecule has 4 heteroatoms. The summed E-state index contributed by atoms with van der Waals surface area (Å²) in [6, 6.07) is 15.4. The molecule has 0 unspecified atom stereocenters. The second-order valence-electron chi connectivity index (χ2n) is 6.15. The van der Waals surface area contributed by atoms with Crippen molar-refractivity contribution < 1.29 is 0 Å². The summed E-state index contributed by atoms with van der Waals surface area (Å²) in [5.41, 5.74) is 1.84. The van der Waals surface area contributed by atoms with Crippen LogP contribution in [0.25, 0.3) is 0 Å². The third kappa shape index (κ3) is 5.81. The zero-order valence-corrected chi connectivity index (χ0v) is 14.8. The Bertz CT molecular complexity index is 647. The van der Waals surface area contributed by atoms with Crippen LogP contribution >= 0.6 is 23.2 Å². The number of hydrogen-bond donors (Lipinski definition) is 0. The van der Waals surface area contributed by atoms with Crippen LogP contribution < -0.4 is 0 Å². The van der Waals surface area contributed by atoms with E-state index in [4.69, 9.17) is 23.2 Å². The van der Waals surface area contributed by atoms with Crippen LogP contribution in [0, 0.1) is 5.41 Å². The molecule has 0 aromatic heterocycles. The standard InChI is InChI=1S/C19H20Cl2N2/c1-19(2,13-22-11-15-7-3-5-9-17(15)20)14-23-12-16-8-4-6-10-18(16)21/h3-12H,13-14H2,1-2H3. The highest BCUT2D eigenvalue weighted by Gasteiger charge is 2.16. The molecule has 23 heavy (non-hydrogen) atoms. The predicted molar refractivity (Wildman–Crippen MR) is 102 cm³/mol. The fourth-order valence-corrected chi connectivity index (χ4v) is 2.36. The Labute approximate surface area is 147 Å². The van der Waals surface area contributed by atoms with E-state index in [1.807, 2.05) is 61.0 Å². The maximum Gasteiger partial charge on any atom is 0.0493 e. The molecule has 0 saturated carbocycles. The molecule has 120 valence electrons. The van der Waals surface area contributed by atoms with E-state index in [0.717, 1.165) is 11.1 Å². The fraction of sp³-hybridized carbons (Fsp3) is 0.263. The van der Waals surface area contributed by atoms with E-state index in [2.05, 4.69) is 23.8 Å². The molecule has 0 aliphatic rings. The van der Waals surface area contributed by atoms with Gasteiger partial charge in [0.05, 0.1) is 0 Å². The molecule has 0 bridgehead atoms. The van der Waals surface area contributed by atoms with Crippen molar-refractivity contribution in [2.75, 3.05) is 13.1 Å². The van der Waals surface area contributed by atoms with E-state index in [-0.39, 0.29) is 5.41 Å². The molecule has 0 fully saturated rings. The monoisotopic (exact) mass is 346 g/mol. The Morgan fingerprint density at radius 2 is 1.17 bits per heavy atom. The van der Waals surface area contributed by atoms with Crippen molar-refractivity contribution in [1.82, 2.24) is 0 Å². The van der Waals surface area contributed by atoms with Gasteiger partial charge in [-0.25, -0.2) is 0 Å². The minimum absolute atomic E-state index is 0.0322. The number of aliphatic imine (C=N–C) groups is 2. The minimum atomic E-state index is -0.0322. The van der Waals surface area contributed by atoms with Gasteiger partial charge in [0.25, 0.3) is 0 Å². The second-order valence-corrected chi connectivity index (χ2v) is 6.96. The molecule has 0 N–H and O–H groups in total. The molecule has 0 atom stereocenters. The van der Waals surface area contributed by atoms with Crippen molar-refractivity contribution >= 4 is 35.6 Å². The SMILES string of the molecule is CC(C)(CN=Cc1ccccc1Cl)CN=Cc1ccccc1Cl. The highest BCUT2D eigenvalue weighted by molar-refractivity contribution is 6.33. The van der Waals surface area contributed by atoms with E-state index >= 15 is 0 Å². The van der Waals surface area contributed by atoms with Crippen LogP contribution in [0.2, 0.25) is 10.0 Å². The van der Waals surface area contributed by atoms with E-state index in [0.29, 0.717) is 23.1 Å². The minimum Gasteiger partial charge on any atom is -0.292 e. The van der Waals surface area contributed by atoms with Gasteiger partial charge in [0, 0.05) is 52.1 Å². The molecule has 2 rings (SSSR count). The summed E-state index contributed by atoms with van der Waals surface area (Å²) in [5, 5.41) is 1.43. The lowest BCUT2D eigenvalue weighted by atomic mass is 9.94. The van der Waals surface area contributed by atoms with E-state index in [9.17, 15) is 0 Å². The summed E-state index contributed by atoms with van der Waals surface area (Å²) in [4.78, 5) is 9.02. The zero-order valence-electron chi connectivity index (χ0n) is 13.3. The van der Waals surface area contributed by atoms with Crippen LogP contribution in [-0.4, -0.2) is 25.5 Å². The van der Waals surface area contributed by atoms with Crippen molar-refractivity contribution in [2.24, 2.45) is 15.4 Å². The molecule has 0 spiro atoms. The summed E-state index contributed by atoms with van der Waals surface area (Å²) in [7, 11) is 0. The molecule has 0 aliphatic carbocycles. The Hall–Kier alpha value is -1.64. The molecule has 2 aromatic rings. The van der Waals surface area contributed by atoms with Gasteiger partial charge in [-0.05, 0) is 12.1 Å². The highest BCUT2D eigenvalue weighted by Crippen LogP contribution is 2.18. The third-order valence-electron chi connectivity index (χ3n) is 3.31.